The summed E-state index contributed by atoms with van der Waals surface area (Å²) in [6, 6.07) is -0.952. The van der Waals surface area contributed by atoms with Crippen LogP contribution in [0, 0.1) is 5.92 Å². The van der Waals surface area contributed by atoms with Gasteiger partial charge in [0.05, 0.1) is 5.75 Å². The number of nitrogens with zero attached hydrogens (tertiary/aromatic N) is 1. The van der Waals surface area contributed by atoms with Crippen LogP contribution in [0.15, 0.2) is 0 Å². The first-order valence-corrected chi connectivity index (χ1v) is 9.42. The quantitative estimate of drug-likeness (QED) is 0.818. The molecular weight excluding hydrogens is 294 g/mol. The lowest BCUT2D eigenvalue weighted by atomic mass is 9.85. The van der Waals surface area contributed by atoms with Gasteiger partial charge in [0.25, 0.3) is 0 Å². The zero-order chi connectivity index (χ0) is 15.6. The number of carboxylic acids is 1. The van der Waals surface area contributed by atoms with E-state index in [0.29, 0.717) is 12.8 Å². The topological polar surface area (TPSA) is 91.8 Å². The molecule has 0 unspecified atom stereocenters. The van der Waals surface area contributed by atoms with Crippen LogP contribution < -0.4 is 0 Å². The number of aliphatic carboxylic acids is 1. The molecule has 1 saturated carbocycles. The first kappa shape index (κ1) is 16.3. The fourth-order valence-electron chi connectivity index (χ4n) is 3.69. The molecule has 7 heteroatoms. The molecule has 1 N–H and O–H groups in total. The van der Waals surface area contributed by atoms with E-state index < -0.39 is 33.5 Å². The molecule has 3 atom stereocenters. The van der Waals surface area contributed by atoms with Gasteiger partial charge in [0.2, 0.25) is 5.91 Å². The molecule has 2 rings (SSSR count). The van der Waals surface area contributed by atoms with Gasteiger partial charge in [0.1, 0.15) is 11.8 Å². The number of hydrogen-bond donors (Lipinski definition) is 1. The Morgan fingerprint density at radius 3 is 2.52 bits per heavy atom. The highest BCUT2D eigenvalue weighted by molar-refractivity contribution is 7.92. The predicted octanol–water partition coefficient (Wildman–Crippen LogP) is 1.06. The molecule has 0 aromatic rings. The summed E-state index contributed by atoms with van der Waals surface area (Å²) in [4.78, 5) is 25.2. The maximum absolute atomic E-state index is 12.4. The largest absolute Gasteiger partial charge is 0.480 e. The highest BCUT2D eigenvalue weighted by Gasteiger charge is 2.47. The minimum Gasteiger partial charge on any atom is -0.480 e. The van der Waals surface area contributed by atoms with Crippen molar-refractivity contribution in [2.45, 2.75) is 57.5 Å². The van der Waals surface area contributed by atoms with E-state index in [0.717, 1.165) is 25.7 Å². The van der Waals surface area contributed by atoms with E-state index in [1.807, 2.05) is 0 Å². The molecule has 0 spiro atoms. The summed E-state index contributed by atoms with van der Waals surface area (Å²) in [5.74, 6) is -1.94. The number of likely N-dealkylation sites (tertiary alicyclic amines) is 1. The van der Waals surface area contributed by atoms with Gasteiger partial charge >= 0.3 is 5.97 Å². The first-order valence-electron chi connectivity index (χ1n) is 7.60. The number of amides is 1. The molecule has 120 valence electrons. The van der Waals surface area contributed by atoms with Crippen molar-refractivity contribution in [3.05, 3.63) is 0 Å². The molecule has 2 aliphatic rings. The van der Waals surface area contributed by atoms with Crippen molar-refractivity contribution >= 4 is 21.7 Å². The van der Waals surface area contributed by atoms with E-state index in [4.69, 9.17) is 0 Å². The number of carbonyl (C=O) groups excluding carboxylic acids is 1. The second-order valence-corrected chi connectivity index (χ2v) is 8.28. The maximum Gasteiger partial charge on any atom is 0.326 e. The Kier molecular flexibility index (Phi) is 4.91. The lowest BCUT2D eigenvalue weighted by Gasteiger charge is -2.33. The normalized spacial score (nSPS) is 29.2. The van der Waals surface area contributed by atoms with E-state index in [-0.39, 0.29) is 17.7 Å². The molecule has 0 aromatic carbocycles. The van der Waals surface area contributed by atoms with Crippen LogP contribution in [0.5, 0.6) is 0 Å². The molecule has 1 heterocycles. The van der Waals surface area contributed by atoms with Gasteiger partial charge in [0.15, 0.2) is 9.84 Å². The number of carboxylic acid groups (broad SMARTS) is 1. The van der Waals surface area contributed by atoms with E-state index in [1.54, 1.807) is 6.92 Å². The molecule has 6 nitrogen and oxygen atoms in total. The SMILES string of the molecule is CCCS(=O)(=O)CC(=O)N1[C@@H]2CCCC[C@@H]2C[C@H]1C(=O)O. The summed E-state index contributed by atoms with van der Waals surface area (Å²) in [7, 11) is -3.44. The van der Waals surface area contributed by atoms with Gasteiger partial charge in [-0.3, -0.25) is 4.79 Å². The Labute approximate surface area is 125 Å². The lowest BCUT2D eigenvalue weighted by Crippen LogP contribution is -2.48. The second kappa shape index (κ2) is 6.34. The smallest absolute Gasteiger partial charge is 0.326 e. The van der Waals surface area contributed by atoms with Gasteiger partial charge in [-0.1, -0.05) is 19.8 Å². The fourth-order valence-corrected chi connectivity index (χ4v) is 4.98. The average molecular weight is 317 g/mol. The van der Waals surface area contributed by atoms with Crippen molar-refractivity contribution < 1.29 is 23.1 Å². The molecule has 0 radical (unpaired) electrons. The van der Waals surface area contributed by atoms with Crippen LogP contribution in [-0.2, 0) is 19.4 Å². The van der Waals surface area contributed by atoms with E-state index in [9.17, 15) is 23.1 Å². The Hall–Kier alpha value is -1.11. The molecule has 0 bridgehead atoms. The van der Waals surface area contributed by atoms with Crippen LogP contribution >= 0.6 is 0 Å². The molecule has 1 aliphatic heterocycles. The third-order valence-corrected chi connectivity index (χ3v) is 6.24. The Morgan fingerprint density at radius 1 is 1.24 bits per heavy atom. The summed E-state index contributed by atoms with van der Waals surface area (Å²) in [5, 5.41) is 9.34. The minimum atomic E-state index is -3.44. The number of fused-ring (bicyclic) bond motifs is 1. The van der Waals surface area contributed by atoms with Crippen molar-refractivity contribution in [1.82, 2.24) is 4.90 Å². The monoisotopic (exact) mass is 317 g/mol. The van der Waals surface area contributed by atoms with Gasteiger partial charge in [-0.05, 0) is 31.6 Å². The Morgan fingerprint density at radius 2 is 1.90 bits per heavy atom. The molecule has 2 fully saturated rings. The van der Waals surface area contributed by atoms with Crippen molar-refractivity contribution in [2.24, 2.45) is 5.92 Å². The summed E-state index contributed by atoms with van der Waals surface area (Å²) in [6.07, 6.45) is 4.67. The highest BCUT2D eigenvalue weighted by atomic mass is 32.2. The standard InChI is InChI=1S/C14H23NO5S/c1-2-7-21(19,20)9-13(16)15-11-6-4-3-5-10(11)8-12(15)14(17)18/h10-12H,2-9H2,1H3,(H,17,18)/t10-,11-,12+/m1/s1. The van der Waals surface area contributed by atoms with Crippen molar-refractivity contribution in [2.75, 3.05) is 11.5 Å². The molecule has 1 saturated heterocycles. The van der Waals surface area contributed by atoms with Gasteiger partial charge in [-0.25, -0.2) is 13.2 Å². The summed E-state index contributed by atoms with van der Waals surface area (Å²) in [5.41, 5.74) is 0. The molecule has 0 aromatic heterocycles. The number of rotatable bonds is 5. The van der Waals surface area contributed by atoms with Crippen LogP contribution in [0.25, 0.3) is 0 Å². The predicted molar refractivity (Wildman–Crippen MR) is 77.6 cm³/mol. The van der Waals surface area contributed by atoms with Crippen LogP contribution in [0.2, 0.25) is 0 Å². The maximum atomic E-state index is 12.4. The van der Waals surface area contributed by atoms with Crippen molar-refractivity contribution in [3.8, 4) is 0 Å². The molecule has 1 amide bonds. The molecule has 1 aliphatic carbocycles. The van der Waals surface area contributed by atoms with Crippen LogP contribution in [0.4, 0.5) is 0 Å². The fraction of sp³-hybridized carbons (Fsp3) is 0.857. The number of sulfone groups is 1. The van der Waals surface area contributed by atoms with Crippen molar-refractivity contribution in [1.29, 1.82) is 0 Å². The zero-order valence-corrected chi connectivity index (χ0v) is 13.1. The molecular formula is C14H23NO5S. The second-order valence-electron chi connectivity index (χ2n) is 6.09. The van der Waals surface area contributed by atoms with E-state index in [2.05, 4.69) is 0 Å². The summed E-state index contributed by atoms with van der Waals surface area (Å²) < 4.78 is 23.7. The number of hydrogen-bond acceptors (Lipinski definition) is 4. The van der Waals surface area contributed by atoms with E-state index >= 15 is 0 Å². The van der Waals surface area contributed by atoms with Crippen LogP contribution in [0.1, 0.15) is 45.4 Å². The highest BCUT2D eigenvalue weighted by Crippen LogP contribution is 2.39. The minimum absolute atomic E-state index is 0.0294. The molecule has 21 heavy (non-hydrogen) atoms. The van der Waals surface area contributed by atoms with E-state index in [1.165, 1.54) is 4.90 Å². The third kappa shape index (κ3) is 3.56. The average Bonchev–Trinajstić information content (AvgIpc) is 2.77. The van der Waals surface area contributed by atoms with Gasteiger partial charge < -0.3 is 10.0 Å². The lowest BCUT2D eigenvalue weighted by molar-refractivity contribution is -0.148. The summed E-state index contributed by atoms with van der Waals surface area (Å²) in [6.45, 7) is 1.75. The van der Waals surface area contributed by atoms with Crippen LogP contribution in [-0.4, -0.2) is 53.9 Å². The zero-order valence-electron chi connectivity index (χ0n) is 12.3. The van der Waals surface area contributed by atoms with Gasteiger partial charge in [-0.15, -0.1) is 0 Å². The Balaban J connectivity index is 2.17. The van der Waals surface area contributed by atoms with Crippen LogP contribution in [0.3, 0.4) is 0 Å². The van der Waals surface area contributed by atoms with Gasteiger partial charge in [0, 0.05) is 6.04 Å². The third-order valence-electron chi connectivity index (χ3n) is 4.52. The van der Waals surface area contributed by atoms with Gasteiger partial charge in [-0.2, -0.15) is 0 Å². The summed E-state index contributed by atoms with van der Waals surface area (Å²) >= 11 is 0. The van der Waals surface area contributed by atoms with Crippen molar-refractivity contribution in [3.63, 3.8) is 0 Å². The number of carbonyl (C=O) groups is 2. The Bertz CT molecular complexity index is 515. The first-order chi connectivity index (χ1) is 9.85.